The molecule has 0 spiro atoms. The zero-order chi connectivity index (χ0) is 15.7. The molecule has 2 rings (SSSR count). The summed E-state index contributed by atoms with van der Waals surface area (Å²) in [6.07, 6.45) is 0.907. The Labute approximate surface area is 125 Å². The summed E-state index contributed by atoms with van der Waals surface area (Å²) in [5.74, 6) is 0.481. The summed E-state index contributed by atoms with van der Waals surface area (Å²) >= 11 is 0. The Balaban J connectivity index is 1.94. The zero-order valence-corrected chi connectivity index (χ0v) is 13.7. The SMILES string of the molecule is CC(C)Cc1cc(CNS(=O)(=O)[C@H]2CCS(=O)(=O)C2)on1. The molecule has 1 aliphatic heterocycles. The molecule has 0 unspecified atom stereocenters. The van der Waals surface area contributed by atoms with Gasteiger partial charge in [-0.1, -0.05) is 19.0 Å². The summed E-state index contributed by atoms with van der Waals surface area (Å²) in [6, 6.07) is 1.72. The van der Waals surface area contributed by atoms with Crippen molar-refractivity contribution in [3.05, 3.63) is 17.5 Å². The molecule has 1 aliphatic rings. The fourth-order valence-corrected chi connectivity index (χ4v) is 6.29. The third-order valence-corrected chi connectivity index (χ3v) is 7.11. The lowest BCUT2D eigenvalue weighted by molar-refractivity contribution is 0.371. The molecule has 0 saturated carbocycles. The Morgan fingerprint density at radius 2 is 2.19 bits per heavy atom. The molecule has 9 heteroatoms. The number of nitrogens with zero attached hydrogens (tertiary/aromatic N) is 1. The van der Waals surface area contributed by atoms with Gasteiger partial charge >= 0.3 is 0 Å². The fraction of sp³-hybridized carbons (Fsp3) is 0.750. The van der Waals surface area contributed by atoms with Crippen LogP contribution in [0.1, 0.15) is 31.7 Å². The minimum absolute atomic E-state index is 0.00994. The van der Waals surface area contributed by atoms with Crippen LogP contribution in [0.5, 0.6) is 0 Å². The van der Waals surface area contributed by atoms with Crippen LogP contribution in [0.4, 0.5) is 0 Å². The van der Waals surface area contributed by atoms with Gasteiger partial charge in [-0.15, -0.1) is 0 Å². The van der Waals surface area contributed by atoms with Crippen LogP contribution < -0.4 is 4.72 Å². The van der Waals surface area contributed by atoms with Gasteiger partial charge < -0.3 is 4.52 Å². The molecule has 1 saturated heterocycles. The minimum Gasteiger partial charge on any atom is -0.360 e. The largest absolute Gasteiger partial charge is 0.360 e. The predicted octanol–water partition coefficient (Wildman–Crippen LogP) is 0.480. The van der Waals surface area contributed by atoms with E-state index in [-0.39, 0.29) is 24.5 Å². The van der Waals surface area contributed by atoms with Gasteiger partial charge in [-0.3, -0.25) is 0 Å². The topological polar surface area (TPSA) is 106 Å². The van der Waals surface area contributed by atoms with Crippen LogP contribution in [0.3, 0.4) is 0 Å². The van der Waals surface area contributed by atoms with E-state index in [2.05, 4.69) is 23.7 Å². The van der Waals surface area contributed by atoms with E-state index < -0.39 is 25.1 Å². The molecule has 0 radical (unpaired) electrons. The molecular weight excluding hydrogens is 316 g/mol. The molecule has 21 heavy (non-hydrogen) atoms. The maximum Gasteiger partial charge on any atom is 0.215 e. The van der Waals surface area contributed by atoms with Gasteiger partial charge in [0.25, 0.3) is 0 Å². The van der Waals surface area contributed by atoms with Gasteiger partial charge in [-0.25, -0.2) is 21.6 Å². The number of hydrogen-bond donors (Lipinski definition) is 1. The third kappa shape index (κ3) is 4.52. The van der Waals surface area contributed by atoms with Crippen molar-refractivity contribution in [3.8, 4) is 0 Å². The van der Waals surface area contributed by atoms with Crippen LogP contribution in [-0.4, -0.2) is 38.7 Å². The minimum atomic E-state index is -3.66. The molecule has 1 aromatic rings. The van der Waals surface area contributed by atoms with Crippen LogP contribution in [0.25, 0.3) is 0 Å². The maximum absolute atomic E-state index is 12.0. The van der Waals surface area contributed by atoms with Crippen molar-refractivity contribution in [3.63, 3.8) is 0 Å². The second-order valence-electron chi connectivity index (χ2n) is 5.77. The molecule has 120 valence electrons. The van der Waals surface area contributed by atoms with Gasteiger partial charge in [-0.2, -0.15) is 0 Å². The van der Waals surface area contributed by atoms with E-state index in [9.17, 15) is 16.8 Å². The molecule has 1 aromatic heterocycles. The lowest BCUT2D eigenvalue weighted by Crippen LogP contribution is -2.34. The van der Waals surface area contributed by atoms with Crippen LogP contribution in [0.15, 0.2) is 10.6 Å². The van der Waals surface area contributed by atoms with E-state index >= 15 is 0 Å². The normalized spacial score (nSPS) is 22.0. The molecule has 0 amide bonds. The van der Waals surface area contributed by atoms with Crippen molar-refractivity contribution in [2.45, 2.75) is 38.5 Å². The average molecular weight is 336 g/mol. The number of sulfone groups is 1. The number of hydrogen-bond acceptors (Lipinski definition) is 6. The summed E-state index contributed by atoms with van der Waals surface area (Å²) in [7, 11) is -6.89. The van der Waals surface area contributed by atoms with Crippen molar-refractivity contribution in [2.24, 2.45) is 5.92 Å². The molecule has 0 aromatic carbocycles. The quantitative estimate of drug-likeness (QED) is 0.810. The van der Waals surface area contributed by atoms with Gasteiger partial charge in [0.15, 0.2) is 15.6 Å². The second-order valence-corrected chi connectivity index (χ2v) is 10.0. The Bertz CT molecular complexity index is 691. The van der Waals surface area contributed by atoms with E-state index in [1.165, 1.54) is 0 Å². The lowest BCUT2D eigenvalue weighted by Gasteiger charge is -2.09. The molecule has 1 atom stereocenters. The first-order valence-corrected chi connectivity index (χ1v) is 10.2. The van der Waals surface area contributed by atoms with E-state index in [4.69, 9.17) is 4.52 Å². The maximum atomic E-state index is 12.0. The third-order valence-electron chi connectivity index (χ3n) is 3.30. The van der Waals surface area contributed by atoms with Gasteiger partial charge in [0.1, 0.15) is 0 Å². The van der Waals surface area contributed by atoms with Crippen molar-refractivity contribution in [1.82, 2.24) is 9.88 Å². The van der Waals surface area contributed by atoms with Gasteiger partial charge in [0.05, 0.1) is 29.0 Å². The number of nitrogens with one attached hydrogen (secondary N) is 1. The Hall–Kier alpha value is -0.930. The molecule has 0 aliphatic carbocycles. The van der Waals surface area contributed by atoms with Crippen molar-refractivity contribution < 1.29 is 21.4 Å². The second kappa shape index (κ2) is 6.05. The molecule has 2 heterocycles. The summed E-state index contributed by atoms with van der Waals surface area (Å²) in [4.78, 5) is 0. The first kappa shape index (κ1) is 16.4. The smallest absolute Gasteiger partial charge is 0.215 e. The Kier molecular flexibility index (Phi) is 4.74. The first-order valence-electron chi connectivity index (χ1n) is 6.81. The van der Waals surface area contributed by atoms with E-state index in [1.54, 1.807) is 6.07 Å². The highest BCUT2D eigenvalue weighted by molar-refractivity contribution is 7.95. The Morgan fingerprint density at radius 1 is 1.48 bits per heavy atom. The summed E-state index contributed by atoms with van der Waals surface area (Å²) in [5.41, 5.74) is 0.780. The van der Waals surface area contributed by atoms with Crippen LogP contribution in [0.2, 0.25) is 0 Å². The van der Waals surface area contributed by atoms with Crippen molar-refractivity contribution in [1.29, 1.82) is 0 Å². The fourth-order valence-electron chi connectivity index (χ4n) is 2.25. The first-order chi connectivity index (χ1) is 9.68. The standard InChI is InChI=1S/C12H20N2O5S2/c1-9(2)5-10-6-11(19-14-10)7-13-21(17,18)12-3-4-20(15,16)8-12/h6,9,12-13H,3-5,7-8H2,1-2H3/t12-/m0/s1. The van der Waals surface area contributed by atoms with E-state index in [0.717, 1.165) is 12.1 Å². The van der Waals surface area contributed by atoms with Crippen molar-refractivity contribution in [2.75, 3.05) is 11.5 Å². The highest BCUT2D eigenvalue weighted by Crippen LogP contribution is 2.18. The van der Waals surface area contributed by atoms with Crippen LogP contribution in [-0.2, 0) is 32.8 Å². The predicted molar refractivity (Wildman–Crippen MR) is 77.9 cm³/mol. The highest BCUT2D eigenvalue weighted by Gasteiger charge is 2.37. The highest BCUT2D eigenvalue weighted by atomic mass is 32.2. The molecule has 0 bridgehead atoms. The summed E-state index contributed by atoms with van der Waals surface area (Å²) in [6.45, 7) is 4.10. The van der Waals surface area contributed by atoms with Gasteiger partial charge in [-0.05, 0) is 18.8 Å². The Morgan fingerprint density at radius 3 is 2.76 bits per heavy atom. The van der Waals surface area contributed by atoms with Crippen LogP contribution >= 0.6 is 0 Å². The van der Waals surface area contributed by atoms with Crippen LogP contribution in [0, 0.1) is 5.92 Å². The monoisotopic (exact) mass is 336 g/mol. The van der Waals surface area contributed by atoms with E-state index in [1.807, 2.05) is 0 Å². The summed E-state index contributed by atoms with van der Waals surface area (Å²) in [5, 5.41) is 3.00. The molecular formula is C12H20N2O5S2. The van der Waals surface area contributed by atoms with Gasteiger partial charge in [0, 0.05) is 6.07 Å². The number of aromatic nitrogens is 1. The van der Waals surface area contributed by atoms with Crippen molar-refractivity contribution >= 4 is 19.9 Å². The number of sulfonamides is 1. The average Bonchev–Trinajstić information content (AvgIpc) is 2.93. The summed E-state index contributed by atoms with van der Waals surface area (Å²) < 4.78 is 54.2. The van der Waals surface area contributed by atoms with E-state index in [0.29, 0.717) is 11.7 Å². The van der Waals surface area contributed by atoms with Gasteiger partial charge in [0.2, 0.25) is 10.0 Å². The molecule has 1 N–H and O–H groups in total. The molecule has 1 fully saturated rings. The number of rotatable bonds is 6. The molecule has 7 nitrogen and oxygen atoms in total. The zero-order valence-electron chi connectivity index (χ0n) is 12.1. The lowest BCUT2D eigenvalue weighted by atomic mass is 10.1.